The Hall–Kier alpha value is -0.980. The molecule has 0 aromatic carbocycles. The highest BCUT2D eigenvalue weighted by atomic mass is 16.5. The lowest BCUT2D eigenvalue weighted by atomic mass is 9.70. The summed E-state index contributed by atoms with van der Waals surface area (Å²) in [5, 5.41) is 15.0. The van der Waals surface area contributed by atoms with E-state index in [1.807, 2.05) is 4.68 Å². The minimum atomic E-state index is -0.753. The number of aromatic nitrogens is 3. The van der Waals surface area contributed by atoms with E-state index in [1.54, 1.807) is 13.4 Å². The maximum Gasteiger partial charge on any atom is 0.140 e. The Bertz CT molecular complexity index is 446. The minimum absolute atomic E-state index is 0.210. The molecule has 1 aliphatic rings. The molecule has 1 fully saturated rings. The van der Waals surface area contributed by atoms with E-state index in [0.717, 1.165) is 32.0 Å². The third-order valence-electron chi connectivity index (χ3n) is 4.46. The molecule has 1 atom stereocenters. The topological polar surface area (TPSA) is 63.4 Å². The Morgan fingerprint density at radius 2 is 2.20 bits per heavy atom. The molecule has 6 heteroatoms. The number of aryl methyl sites for hydroxylation is 1. The van der Waals surface area contributed by atoms with Gasteiger partial charge in [-0.25, -0.2) is 9.67 Å². The van der Waals surface area contributed by atoms with Gasteiger partial charge in [0.1, 0.15) is 12.2 Å². The van der Waals surface area contributed by atoms with Crippen molar-refractivity contribution >= 4 is 0 Å². The van der Waals surface area contributed by atoms with Crippen LogP contribution in [0.1, 0.15) is 33.0 Å². The van der Waals surface area contributed by atoms with Crippen LogP contribution in [-0.4, -0.2) is 57.2 Å². The Kier molecular flexibility index (Phi) is 4.46. The molecule has 0 amide bonds. The van der Waals surface area contributed by atoms with Crippen LogP contribution in [0, 0.1) is 5.41 Å². The van der Waals surface area contributed by atoms with Gasteiger partial charge in [-0.1, -0.05) is 13.8 Å². The average Bonchev–Trinajstić information content (AvgIpc) is 2.81. The van der Waals surface area contributed by atoms with Gasteiger partial charge in [-0.2, -0.15) is 5.10 Å². The zero-order chi connectivity index (χ0) is 14.8. The maximum absolute atomic E-state index is 10.8. The lowest BCUT2D eigenvalue weighted by Crippen LogP contribution is -2.59. The Morgan fingerprint density at radius 1 is 1.45 bits per heavy atom. The zero-order valence-electron chi connectivity index (χ0n) is 13.0. The largest absolute Gasteiger partial charge is 0.387 e. The van der Waals surface area contributed by atoms with Crippen LogP contribution in [0.15, 0.2) is 6.33 Å². The van der Waals surface area contributed by atoms with Crippen LogP contribution in [0.3, 0.4) is 0 Å². The van der Waals surface area contributed by atoms with E-state index in [-0.39, 0.29) is 5.41 Å². The standard InChI is InChI=1S/C14H26N4O2/c1-5-18-12(15-11-16-18)8-17-7-6-14(19,10-20-4)13(2,3)9-17/h11,19H,5-10H2,1-4H3. The molecule has 0 bridgehead atoms. The predicted octanol–water partition coefficient (Wildman–Crippen LogP) is 0.907. The van der Waals surface area contributed by atoms with Gasteiger partial charge in [0.2, 0.25) is 0 Å². The van der Waals surface area contributed by atoms with E-state index in [9.17, 15) is 5.11 Å². The summed E-state index contributed by atoms with van der Waals surface area (Å²) < 4.78 is 7.12. The number of ether oxygens (including phenoxy) is 1. The first kappa shape index (κ1) is 15.4. The minimum Gasteiger partial charge on any atom is -0.387 e. The van der Waals surface area contributed by atoms with Crippen LogP contribution in [-0.2, 0) is 17.8 Å². The van der Waals surface area contributed by atoms with E-state index in [0.29, 0.717) is 13.0 Å². The second-order valence-electron chi connectivity index (χ2n) is 6.30. The lowest BCUT2D eigenvalue weighted by molar-refractivity contribution is -0.152. The second-order valence-corrected chi connectivity index (χ2v) is 6.30. The molecular weight excluding hydrogens is 256 g/mol. The molecule has 1 unspecified atom stereocenters. The van der Waals surface area contributed by atoms with E-state index >= 15 is 0 Å². The average molecular weight is 282 g/mol. The summed E-state index contributed by atoms with van der Waals surface area (Å²) in [7, 11) is 1.64. The molecule has 2 heterocycles. The maximum atomic E-state index is 10.8. The molecular formula is C14H26N4O2. The first-order valence-corrected chi connectivity index (χ1v) is 7.22. The smallest absolute Gasteiger partial charge is 0.140 e. The SMILES string of the molecule is CCn1ncnc1CN1CCC(O)(COC)C(C)(C)C1. The highest BCUT2D eigenvalue weighted by Crippen LogP contribution is 2.39. The third kappa shape index (κ3) is 2.87. The summed E-state index contributed by atoms with van der Waals surface area (Å²) in [6, 6.07) is 0. The fourth-order valence-electron chi connectivity index (χ4n) is 2.98. The number of likely N-dealkylation sites (tertiary alicyclic amines) is 1. The van der Waals surface area contributed by atoms with Gasteiger partial charge >= 0.3 is 0 Å². The molecule has 1 aromatic rings. The second kappa shape index (κ2) is 5.79. The molecule has 0 radical (unpaired) electrons. The van der Waals surface area contributed by atoms with Gasteiger partial charge in [0, 0.05) is 32.2 Å². The van der Waals surface area contributed by atoms with Crippen molar-refractivity contribution < 1.29 is 9.84 Å². The molecule has 0 aliphatic carbocycles. The van der Waals surface area contributed by atoms with Crippen molar-refractivity contribution in [1.82, 2.24) is 19.7 Å². The summed E-state index contributed by atoms with van der Waals surface area (Å²) in [5.74, 6) is 0.987. The summed E-state index contributed by atoms with van der Waals surface area (Å²) in [6.07, 6.45) is 2.32. The fraction of sp³-hybridized carbons (Fsp3) is 0.857. The van der Waals surface area contributed by atoms with E-state index in [1.165, 1.54) is 0 Å². The van der Waals surface area contributed by atoms with Crippen molar-refractivity contribution in [2.24, 2.45) is 5.41 Å². The first-order valence-electron chi connectivity index (χ1n) is 7.22. The molecule has 114 valence electrons. The number of aliphatic hydroxyl groups is 1. The first-order chi connectivity index (χ1) is 9.42. The van der Waals surface area contributed by atoms with Crippen molar-refractivity contribution in [3.63, 3.8) is 0 Å². The molecule has 0 spiro atoms. The monoisotopic (exact) mass is 282 g/mol. The third-order valence-corrected chi connectivity index (χ3v) is 4.46. The summed E-state index contributed by atoms with van der Waals surface area (Å²) in [4.78, 5) is 6.66. The van der Waals surface area contributed by atoms with E-state index in [4.69, 9.17) is 4.74 Å². The zero-order valence-corrected chi connectivity index (χ0v) is 13.0. The van der Waals surface area contributed by atoms with Crippen molar-refractivity contribution in [2.75, 3.05) is 26.8 Å². The number of methoxy groups -OCH3 is 1. The summed E-state index contributed by atoms with van der Waals surface area (Å²) >= 11 is 0. The number of piperidine rings is 1. The molecule has 6 nitrogen and oxygen atoms in total. The van der Waals surface area contributed by atoms with Crippen molar-refractivity contribution in [1.29, 1.82) is 0 Å². The van der Waals surface area contributed by atoms with Crippen LogP contribution in [0.2, 0.25) is 0 Å². The Labute approximate surface area is 120 Å². The molecule has 1 N–H and O–H groups in total. The normalized spacial score (nSPS) is 26.9. The van der Waals surface area contributed by atoms with Gasteiger partial charge in [0.25, 0.3) is 0 Å². The molecule has 1 aliphatic heterocycles. The summed E-state index contributed by atoms with van der Waals surface area (Å²) in [6.45, 7) is 9.93. The van der Waals surface area contributed by atoms with E-state index in [2.05, 4.69) is 35.8 Å². The highest BCUT2D eigenvalue weighted by molar-refractivity contribution is 5.00. The Balaban J connectivity index is 2.04. The van der Waals surface area contributed by atoms with Gasteiger partial charge in [0.05, 0.1) is 18.8 Å². The van der Waals surface area contributed by atoms with Crippen LogP contribution < -0.4 is 0 Å². The number of nitrogens with zero attached hydrogens (tertiary/aromatic N) is 4. The van der Waals surface area contributed by atoms with Crippen molar-refractivity contribution in [3.05, 3.63) is 12.2 Å². The number of hydrogen-bond acceptors (Lipinski definition) is 5. The number of hydrogen-bond donors (Lipinski definition) is 1. The molecule has 20 heavy (non-hydrogen) atoms. The fourth-order valence-corrected chi connectivity index (χ4v) is 2.98. The lowest BCUT2D eigenvalue weighted by Gasteiger charge is -2.49. The van der Waals surface area contributed by atoms with Gasteiger partial charge < -0.3 is 9.84 Å². The van der Waals surface area contributed by atoms with Crippen LogP contribution in [0.4, 0.5) is 0 Å². The van der Waals surface area contributed by atoms with Crippen molar-refractivity contribution in [3.8, 4) is 0 Å². The molecule has 2 rings (SSSR count). The number of rotatable bonds is 5. The quantitative estimate of drug-likeness (QED) is 0.869. The summed E-state index contributed by atoms with van der Waals surface area (Å²) in [5.41, 5.74) is -0.963. The van der Waals surface area contributed by atoms with Crippen LogP contribution in [0.25, 0.3) is 0 Å². The van der Waals surface area contributed by atoms with Crippen LogP contribution >= 0.6 is 0 Å². The van der Waals surface area contributed by atoms with Gasteiger partial charge in [-0.15, -0.1) is 0 Å². The van der Waals surface area contributed by atoms with Crippen molar-refractivity contribution in [2.45, 2.75) is 45.9 Å². The molecule has 1 saturated heterocycles. The molecule has 0 saturated carbocycles. The molecule has 1 aromatic heterocycles. The van der Waals surface area contributed by atoms with E-state index < -0.39 is 5.60 Å². The van der Waals surface area contributed by atoms with Gasteiger partial charge in [-0.3, -0.25) is 4.90 Å². The Morgan fingerprint density at radius 3 is 2.80 bits per heavy atom. The highest BCUT2D eigenvalue weighted by Gasteiger charge is 2.47. The van der Waals surface area contributed by atoms with Gasteiger partial charge in [0.15, 0.2) is 0 Å². The van der Waals surface area contributed by atoms with Gasteiger partial charge in [-0.05, 0) is 13.3 Å². The predicted molar refractivity (Wildman–Crippen MR) is 76.2 cm³/mol. The van der Waals surface area contributed by atoms with Crippen LogP contribution in [0.5, 0.6) is 0 Å².